The summed E-state index contributed by atoms with van der Waals surface area (Å²) in [5.41, 5.74) is 1.33. The molecule has 1 aliphatic rings. The molecular formula is C24H22N4O5S. The average Bonchev–Trinajstić information content (AvgIpc) is 3.56. The Kier molecular flexibility index (Phi) is 5.89. The quantitative estimate of drug-likeness (QED) is 0.438. The molecule has 0 unspecified atom stereocenters. The van der Waals surface area contributed by atoms with Crippen LogP contribution in [0.1, 0.15) is 10.6 Å². The van der Waals surface area contributed by atoms with Gasteiger partial charge in [-0.3, -0.25) is 19.0 Å². The number of methoxy groups -OCH3 is 1. The molecule has 174 valence electrons. The highest BCUT2D eigenvalue weighted by atomic mass is 32.1. The topological polar surface area (TPSA) is 97.9 Å². The summed E-state index contributed by atoms with van der Waals surface area (Å²) in [6.07, 6.45) is 2.88. The lowest BCUT2D eigenvalue weighted by molar-refractivity contribution is -0.133. The van der Waals surface area contributed by atoms with Crippen LogP contribution in [0.5, 0.6) is 5.75 Å². The van der Waals surface area contributed by atoms with E-state index in [1.54, 1.807) is 29.0 Å². The standard InChI is InChI=1S/C24H22N4O5S/c1-32-17-6-4-16(5-7-17)20-13-18-22(34-20)24(31)28(15-25-18)14-21(29)26-8-10-27(11-9-26)23(30)19-3-2-12-33-19/h2-7,12-13,15H,8-11,14H2,1H3. The normalized spacial score (nSPS) is 13.9. The highest BCUT2D eigenvalue weighted by Crippen LogP contribution is 2.31. The number of hydrogen-bond acceptors (Lipinski definition) is 7. The Morgan fingerprint density at radius 3 is 2.50 bits per heavy atom. The monoisotopic (exact) mass is 478 g/mol. The van der Waals surface area contributed by atoms with Crippen LogP contribution in [0.3, 0.4) is 0 Å². The molecule has 9 nitrogen and oxygen atoms in total. The zero-order chi connectivity index (χ0) is 23.7. The number of carbonyl (C=O) groups is 2. The van der Waals surface area contributed by atoms with Crippen molar-refractivity contribution in [1.82, 2.24) is 19.4 Å². The van der Waals surface area contributed by atoms with Crippen LogP contribution in [-0.4, -0.2) is 64.5 Å². The molecule has 4 aromatic rings. The van der Waals surface area contributed by atoms with Crippen LogP contribution >= 0.6 is 11.3 Å². The number of nitrogens with zero attached hydrogens (tertiary/aromatic N) is 4. The van der Waals surface area contributed by atoms with E-state index in [1.165, 1.54) is 28.5 Å². The van der Waals surface area contributed by atoms with Crippen molar-refractivity contribution in [3.8, 4) is 16.2 Å². The highest BCUT2D eigenvalue weighted by Gasteiger charge is 2.26. The molecule has 0 bridgehead atoms. The minimum absolute atomic E-state index is 0.0936. The number of furan rings is 1. The molecule has 1 aromatic carbocycles. The van der Waals surface area contributed by atoms with Crippen molar-refractivity contribution in [2.45, 2.75) is 6.54 Å². The number of piperazine rings is 1. The second-order valence-electron chi connectivity index (χ2n) is 7.88. The summed E-state index contributed by atoms with van der Waals surface area (Å²) in [6, 6.07) is 12.8. The van der Waals surface area contributed by atoms with Crippen molar-refractivity contribution in [2.24, 2.45) is 0 Å². The predicted octanol–water partition coefficient (Wildman–Crippen LogP) is 2.71. The molecular weight excluding hydrogens is 456 g/mol. The third-order valence-electron chi connectivity index (χ3n) is 5.84. The first-order valence-electron chi connectivity index (χ1n) is 10.8. The van der Waals surface area contributed by atoms with Crippen LogP contribution in [-0.2, 0) is 11.3 Å². The van der Waals surface area contributed by atoms with Gasteiger partial charge in [-0.2, -0.15) is 0 Å². The Bertz CT molecular complexity index is 1380. The highest BCUT2D eigenvalue weighted by molar-refractivity contribution is 7.22. The van der Waals surface area contributed by atoms with Crippen LogP contribution in [0.2, 0.25) is 0 Å². The zero-order valence-corrected chi connectivity index (χ0v) is 19.3. The van der Waals surface area contributed by atoms with E-state index in [0.29, 0.717) is 36.4 Å². The van der Waals surface area contributed by atoms with Gasteiger partial charge in [-0.15, -0.1) is 11.3 Å². The van der Waals surface area contributed by atoms with Gasteiger partial charge in [-0.1, -0.05) is 0 Å². The van der Waals surface area contributed by atoms with Gasteiger partial charge >= 0.3 is 0 Å². The van der Waals surface area contributed by atoms with Gasteiger partial charge in [0.15, 0.2) is 5.76 Å². The molecule has 0 spiro atoms. The molecule has 1 saturated heterocycles. The lowest BCUT2D eigenvalue weighted by Gasteiger charge is -2.34. The molecule has 3 aromatic heterocycles. The van der Waals surface area contributed by atoms with Crippen LogP contribution in [0.4, 0.5) is 0 Å². The van der Waals surface area contributed by atoms with E-state index in [0.717, 1.165) is 16.2 Å². The van der Waals surface area contributed by atoms with Gasteiger partial charge in [0, 0.05) is 31.1 Å². The number of fused-ring (bicyclic) bond motifs is 1. The molecule has 1 fully saturated rings. The summed E-state index contributed by atoms with van der Waals surface area (Å²) in [4.78, 5) is 47.0. The Morgan fingerprint density at radius 2 is 1.82 bits per heavy atom. The molecule has 2 amide bonds. The minimum atomic E-state index is -0.241. The number of benzene rings is 1. The van der Waals surface area contributed by atoms with Gasteiger partial charge in [0.2, 0.25) is 5.91 Å². The molecule has 0 N–H and O–H groups in total. The van der Waals surface area contributed by atoms with E-state index in [4.69, 9.17) is 9.15 Å². The Hall–Kier alpha value is -3.92. The summed E-state index contributed by atoms with van der Waals surface area (Å²) in [5, 5.41) is 0. The fourth-order valence-corrected chi connectivity index (χ4v) is 4.98. The Labute approximate surface area is 198 Å². The molecule has 0 aliphatic carbocycles. The summed E-state index contributed by atoms with van der Waals surface area (Å²) in [5.74, 6) is 0.680. The van der Waals surface area contributed by atoms with Gasteiger partial charge < -0.3 is 19.0 Å². The number of carbonyl (C=O) groups excluding carboxylic acids is 2. The van der Waals surface area contributed by atoms with Gasteiger partial charge in [0.1, 0.15) is 17.0 Å². The first kappa shape index (κ1) is 21.9. The number of hydrogen-bond donors (Lipinski definition) is 0. The molecule has 0 radical (unpaired) electrons. The number of ether oxygens (including phenoxy) is 1. The van der Waals surface area contributed by atoms with Crippen molar-refractivity contribution >= 4 is 33.4 Å². The summed E-state index contributed by atoms with van der Waals surface area (Å²) in [7, 11) is 1.61. The smallest absolute Gasteiger partial charge is 0.289 e. The van der Waals surface area contributed by atoms with E-state index >= 15 is 0 Å². The van der Waals surface area contributed by atoms with Crippen molar-refractivity contribution in [3.05, 3.63) is 71.2 Å². The number of aromatic nitrogens is 2. The van der Waals surface area contributed by atoms with Crippen molar-refractivity contribution < 1.29 is 18.7 Å². The largest absolute Gasteiger partial charge is 0.497 e. The fraction of sp³-hybridized carbons (Fsp3) is 0.250. The minimum Gasteiger partial charge on any atom is -0.497 e. The van der Waals surface area contributed by atoms with E-state index in [9.17, 15) is 14.4 Å². The molecule has 1 aliphatic heterocycles. The summed E-state index contributed by atoms with van der Waals surface area (Å²) < 4.78 is 12.2. The second kappa shape index (κ2) is 9.14. The lowest BCUT2D eigenvalue weighted by Crippen LogP contribution is -2.51. The first-order valence-corrected chi connectivity index (χ1v) is 11.6. The molecule has 0 atom stereocenters. The zero-order valence-electron chi connectivity index (χ0n) is 18.5. The fourth-order valence-electron chi connectivity index (χ4n) is 3.92. The van der Waals surface area contributed by atoms with E-state index in [2.05, 4.69) is 4.98 Å². The van der Waals surface area contributed by atoms with Gasteiger partial charge in [-0.25, -0.2) is 4.98 Å². The average molecular weight is 479 g/mol. The van der Waals surface area contributed by atoms with Crippen molar-refractivity contribution in [1.29, 1.82) is 0 Å². The summed E-state index contributed by atoms with van der Waals surface area (Å²) >= 11 is 1.35. The van der Waals surface area contributed by atoms with Crippen LogP contribution in [0.15, 0.2) is 64.3 Å². The maximum atomic E-state index is 13.0. The molecule has 5 rings (SSSR count). The van der Waals surface area contributed by atoms with Crippen LogP contribution < -0.4 is 10.3 Å². The molecule has 4 heterocycles. The number of rotatable bonds is 5. The van der Waals surface area contributed by atoms with Crippen molar-refractivity contribution in [2.75, 3.05) is 33.3 Å². The maximum Gasteiger partial charge on any atom is 0.289 e. The Morgan fingerprint density at radius 1 is 1.09 bits per heavy atom. The molecule has 0 saturated carbocycles. The van der Waals surface area contributed by atoms with Crippen LogP contribution in [0, 0.1) is 0 Å². The number of amides is 2. The molecule has 10 heteroatoms. The second-order valence-corrected chi connectivity index (χ2v) is 8.93. The maximum absolute atomic E-state index is 13.0. The lowest BCUT2D eigenvalue weighted by atomic mass is 10.2. The first-order chi connectivity index (χ1) is 16.5. The predicted molar refractivity (Wildman–Crippen MR) is 127 cm³/mol. The van der Waals surface area contributed by atoms with E-state index in [1.807, 2.05) is 30.3 Å². The van der Waals surface area contributed by atoms with Gasteiger partial charge in [-0.05, 0) is 48.0 Å². The van der Waals surface area contributed by atoms with Crippen molar-refractivity contribution in [3.63, 3.8) is 0 Å². The van der Waals surface area contributed by atoms with Crippen LogP contribution in [0.25, 0.3) is 20.7 Å². The Balaban J connectivity index is 1.27. The van der Waals surface area contributed by atoms with Gasteiger partial charge in [0.05, 0.1) is 25.2 Å². The van der Waals surface area contributed by atoms with E-state index in [-0.39, 0.29) is 29.7 Å². The van der Waals surface area contributed by atoms with Gasteiger partial charge in [0.25, 0.3) is 11.5 Å². The molecule has 34 heavy (non-hydrogen) atoms. The number of thiophene rings is 1. The summed E-state index contributed by atoms with van der Waals surface area (Å²) in [6.45, 7) is 1.53. The third kappa shape index (κ3) is 4.19. The SMILES string of the molecule is COc1ccc(-c2cc3ncn(CC(=O)N4CCN(C(=O)c5ccco5)CC4)c(=O)c3s2)cc1. The third-order valence-corrected chi connectivity index (χ3v) is 7.00. The van der Waals surface area contributed by atoms with E-state index < -0.39 is 0 Å².